The maximum Gasteiger partial charge on any atom is 0.262 e. The molecule has 1 aliphatic heterocycles. The maximum atomic E-state index is 11.2. The molecule has 1 aliphatic rings. The van der Waals surface area contributed by atoms with Crippen LogP contribution in [-0.2, 0) is 4.79 Å². The molecule has 3 N–H and O–H groups in total. The van der Waals surface area contributed by atoms with Crippen molar-refractivity contribution in [3.8, 4) is 5.75 Å². The number of rotatable bonds is 2. The molecule has 1 unspecified atom stereocenters. The summed E-state index contributed by atoms with van der Waals surface area (Å²) in [6, 6.07) is 6.86. The van der Waals surface area contributed by atoms with E-state index in [0.717, 1.165) is 0 Å². The molecule has 92 valence electrons. The third kappa shape index (κ3) is 1.82. The monoisotopic (exact) mass is 245 g/mol. The number of aromatic amines is 1. The van der Waals surface area contributed by atoms with Gasteiger partial charge in [-0.15, -0.1) is 0 Å². The van der Waals surface area contributed by atoms with Gasteiger partial charge >= 0.3 is 0 Å². The minimum atomic E-state index is -0.809. The molecular weight excluding hydrogens is 234 g/mol. The molecule has 0 radical (unpaired) electrons. The van der Waals surface area contributed by atoms with Crippen molar-refractivity contribution in [2.24, 2.45) is 0 Å². The molecule has 0 spiro atoms. The third-order valence-electron chi connectivity index (χ3n) is 2.77. The fourth-order valence-corrected chi connectivity index (χ4v) is 1.87. The average molecular weight is 245 g/mol. The molecule has 0 bridgehead atoms. The number of fused-ring (bicyclic) bond motifs is 1. The van der Waals surface area contributed by atoms with Crippen molar-refractivity contribution in [1.82, 2.24) is 10.2 Å². The van der Waals surface area contributed by atoms with Gasteiger partial charge in [-0.25, -0.2) is 0 Å². The molecule has 18 heavy (non-hydrogen) atoms. The van der Waals surface area contributed by atoms with E-state index < -0.39 is 6.10 Å². The Morgan fingerprint density at radius 1 is 1.39 bits per heavy atom. The van der Waals surface area contributed by atoms with Crippen LogP contribution in [0.4, 0.5) is 5.69 Å². The topological polar surface area (TPSA) is 87.2 Å². The number of carbonyl (C=O) groups is 1. The first-order chi connectivity index (χ1) is 8.74. The second-order valence-corrected chi connectivity index (χ2v) is 4.01. The first-order valence-corrected chi connectivity index (χ1v) is 5.48. The van der Waals surface area contributed by atoms with Crippen LogP contribution in [0, 0.1) is 0 Å². The van der Waals surface area contributed by atoms with Gasteiger partial charge in [-0.2, -0.15) is 5.10 Å². The highest BCUT2D eigenvalue weighted by Crippen LogP contribution is 2.31. The van der Waals surface area contributed by atoms with Gasteiger partial charge in [0.05, 0.1) is 11.4 Å². The minimum Gasteiger partial charge on any atom is -0.482 e. The molecule has 2 aromatic rings. The lowest BCUT2D eigenvalue weighted by molar-refractivity contribution is -0.118. The van der Waals surface area contributed by atoms with E-state index in [0.29, 0.717) is 22.7 Å². The maximum absolute atomic E-state index is 11.2. The zero-order valence-corrected chi connectivity index (χ0v) is 9.38. The highest BCUT2D eigenvalue weighted by Gasteiger charge is 2.19. The van der Waals surface area contributed by atoms with Crippen LogP contribution in [0.15, 0.2) is 30.5 Å². The Hall–Kier alpha value is -2.34. The SMILES string of the molecule is O=C1COc2ccc(C(O)c3ccn[nH]3)cc2N1. The highest BCUT2D eigenvalue weighted by molar-refractivity contribution is 5.95. The standard InChI is InChI=1S/C12H11N3O3/c16-11-6-18-10-2-1-7(5-9(10)14-11)12(17)8-3-4-13-15-8/h1-5,12,17H,6H2,(H,13,15)(H,14,16). The van der Waals surface area contributed by atoms with Crippen LogP contribution in [-0.4, -0.2) is 27.8 Å². The normalized spacial score (nSPS) is 15.5. The van der Waals surface area contributed by atoms with E-state index in [1.807, 2.05) is 0 Å². The van der Waals surface area contributed by atoms with Crippen LogP contribution in [0.2, 0.25) is 0 Å². The largest absolute Gasteiger partial charge is 0.482 e. The summed E-state index contributed by atoms with van der Waals surface area (Å²) in [5.74, 6) is 0.408. The molecule has 0 saturated heterocycles. The van der Waals surface area contributed by atoms with E-state index in [9.17, 15) is 9.90 Å². The molecule has 6 heteroatoms. The first-order valence-electron chi connectivity index (χ1n) is 5.48. The lowest BCUT2D eigenvalue weighted by atomic mass is 10.1. The van der Waals surface area contributed by atoms with Gasteiger partial charge in [0.25, 0.3) is 5.91 Å². The summed E-state index contributed by atoms with van der Waals surface area (Å²) in [4.78, 5) is 11.2. The number of nitrogens with one attached hydrogen (secondary N) is 2. The molecular formula is C12H11N3O3. The summed E-state index contributed by atoms with van der Waals surface area (Å²) in [5.41, 5.74) is 1.82. The van der Waals surface area contributed by atoms with Crippen molar-refractivity contribution >= 4 is 11.6 Å². The van der Waals surface area contributed by atoms with Crippen LogP contribution in [0.5, 0.6) is 5.75 Å². The smallest absolute Gasteiger partial charge is 0.262 e. The second-order valence-electron chi connectivity index (χ2n) is 4.01. The van der Waals surface area contributed by atoms with Gasteiger partial charge < -0.3 is 15.2 Å². The Morgan fingerprint density at radius 2 is 2.28 bits per heavy atom. The van der Waals surface area contributed by atoms with E-state index >= 15 is 0 Å². The Morgan fingerprint density at radius 3 is 3.06 bits per heavy atom. The average Bonchev–Trinajstić information content (AvgIpc) is 2.90. The zero-order chi connectivity index (χ0) is 12.5. The molecule has 3 rings (SSSR count). The number of aromatic nitrogens is 2. The van der Waals surface area contributed by atoms with E-state index in [1.165, 1.54) is 0 Å². The quantitative estimate of drug-likeness (QED) is 0.731. The second kappa shape index (κ2) is 4.15. The number of anilines is 1. The zero-order valence-electron chi connectivity index (χ0n) is 9.38. The van der Waals surface area contributed by atoms with E-state index in [2.05, 4.69) is 15.5 Å². The Labute approximate surface area is 103 Å². The molecule has 1 aromatic carbocycles. The van der Waals surface area contributed by atoms with Gasteiger partial charge in [0.15, 0.2) is 6.61 Å². The van der Waals surface area contributed by atoms with Gasteiger partial charge in [-0.1, -0.05) is 6.07 Å². The summed E-state index contributed by atoms with van der Waals surface area (Å²) in [6.07, 6.45) is 0.763. The number of H-pyrrole nitrogens is 1. The number of ether oxygens (including phenoxy) is 1. The van der Waals surface area contributed by atoms with Gasteiger partial charge in [-0.05, 0) is 23.8 Å². The Balaban J connectivity index is 1.94. The van der Waals surface area contributed by atoms with Crippen molar-refractivity contribution in [3.05, 3.63) is 41.7 Å². The number of nitrogens with zero attached hydrogens (tertiary/aromatic N) is 1. The fraction of sp³-hybridized carbons (Fsp3) is 0.167. The molecule has 1 aromatic heterocycles. The third-order valence-corrected chi connectivity index (χ3v) is 2.77. The highest BCUT2D eigenvalue weighted by atomic mass is 16.5. The molecule has 1 amide bonds. The van der Waals surface area contributed by atoms with Crippen LogP contribution < -0.4 is 10.1 Å². The number of hydrogen-bond acceptors (Lipinski definition) is 4. The van der Waals surface area contributed by atoms with Gasteiger partial charge in [0.2, 0.25) is 0 Å². The molecule has 2 heterocycles. The van der Waals surface area contributed by atoms with Gasteiger partial charge in [0.1, 0.15) is 11.9 Å². The lowest BCUT2D eigenvalue weighted by Gasteiger charge is -2.19. The summed E-state index contributed by atoms with van der Waals surface area (Å²) < 4.78 is 5.25. The van der Waals surface area contributed by atoms with E-state index in [1.54, 1.807) is 30.5 Å². The Kier molecular flexibility index (Phi) is 2.49. The number of benzene rings is 1. The molecule has 6 nitrogen and oxygen atoms in total. The van der Waals surface area contributed by atoms with Crippen LogP contribution >= 0.6 is 0 Å². The molecule has 0 saturated carbocycles. The van der Waals surface area contributed by atoms with Crippen molar-refractivity contribution < 1.29 is 14.6 Å². The number of carbonyl (C=O) groups excluding carboxylic acids is 1. The fourth-order valence-electron chi connectivity index (χ4n) is 1.87. The first kappa shape index (κ1) is 10.8. The van der Waals surface area contributed by atoms with Gasteiger partial charge in [-0.3, -0.25) is 9.89 Å². The predicted molar refractivity (Wildman–Crippen MR) is 63.2 cm³/mol. The van der Waals surface area contributed by atoms with Crippen LogP contribution in [0.25, 0.3) is 0 Å². The van der Waals surface area contributed by atoms with Crippen molar-refractivity contribution in [1.29, 1.82) is 0 Å². The van der Waals surface area contributed by atoms with Crippen molar-refractivity contribution in [3.63, 3.8) is 0 Å². The number of hydrogen-bond donors (Lipinski definition) is 3. The minimum absolute atomic E-state index is 0.0233. The van der Waals surface area contributed by atoms with Gasteiger partial charge in [0, 0.05) is 6.20 Å². The summed E-state index contributed by atoms with van der Waals surface area (Å²) in [6.45, 7) is 0.0233. The van der Waals surface area contributed by atoms with Crippen molar-refractivity contribution in [2.75, 3.05) is 11.9 Å². The number of aliphatic hydroxyl groups excluding tert-OH is 1. The summed E-state index contributed by atoms with van der Waals surface area (Å²) in [7, 11) is 0. The summed E-state index contributed by atoms with van der Waals surface area (Å²) in [5, 5.41) is 19.3. The van der Waals surface area contributed by atoms with E-state index in [4.69, 9.17) is 4.74 Å². The summed E-state index contributed by atoms with van der Waals surface area (Å²) >= 11 is 0. The van der Waals surface area contributed by atoms with Crippen molar-refractivity contribution in [2.45, 2.75) is 6.10 Å². The lowest BCUT2D eigenvalue weighted by Crippen LogP contribution is -2.25. The Bertz CT molecular complexity index is 580. The molecule has 0 aliphatic carbocycles. The van der Waals surface area contributed by atoms with Crippen LogP contribution in [0.3, 0.4) is 0 Å². The predicted octanol–water partition coefficient (Wildman–Crippen LogP) is 0.822. The molecule has 0 fully saturated rings. The molecule has 1 atom stereocenters. The van der Waals surface area contributed by atoms with Crippen LogP contribution in [0.1, 0.15) is 17.4 Å². The van der Waals surface area contributed by atoms with E-state index in [-0.39, 0.29) is 12.5 Å². The number of aliphatic hydroxyl groups is 1. The number of amides is 1.